The van der Waals surface area contributed by atoms with Crippen LogP contribution in [-0.2, 0) is 24.1 Å². The van der Waals surface area contributed by atoms with E-state index in [1.807, 2.05) is 61.5 Å². The van der Waals surface area contributed by atoms with Crippen LogP contribution in [0.5, 0.6) is 0 Å². The minimum atomic E-state index is -0.821. The first kappa shape index (κ1) is 20.7. The van der Waals surface area contributed by atoms with E-state index in [9.17, 15) is 9.90 Å². The number of carbonyl (C=O) groups is 1. The molecule has 0 spiro atoms. The largest absolute Gasteiger partial charge is 0.480 e. The molecule has 0 aliphatic rings. The number of benzene rings is 2. The second-order valence-corrected chi connectivity index (χ2v) is 7.75. The number of aromatic nitrogens is 2. The maximum absolute atomic E-state index is 11.6. The van der Waals surface area contributed by atoms with E-state index in [2.05, 4.69) is 17.1 Å². The molecule has 0 unspecified atom stereocenters. The smallest absolute Gasteiger partial charge is 0.327 e. The molecule has 0 saturated heterocycles. The summed E-state index contributed by atoms with van der Waals surface area (Å²) in [6.45, 7) is 1.97. The van der Waals surface area contributed by atoms with E-state index in [1.165, 1.54) is 5.56 Å². The highest BCUT2D eigenvalue weighted by atomic mass is 16.4. The number of hydrogen-bond donors (Lipinski definition) is 1. The summed E-state index contributed by atoms with van der Waals surface area (Å²) in [5.41, 5.74) is 4.25. The molecule has 31 heavy (non-hydrogen) atoms. The van der Waals surface area contributed by atoms with Gasteiger partial charge in [-0.2, -0.15) is 0 Å². The fraction of sp³-hybridized carbons (Fsp3) is 0.231. The molecule has 1 N–H and O–H groups in total. The fourth-order valence-electron chi connectivity index (χ4n) is 3.77. The molecular weight excluding hydrogens is 388 g/mol. The van der Waals surface area contributed by atoms with Crippen molar-refractivity contribution in [2.45, 2.75) is 38.6 Å². The van der Waals surface area contributed by atoms with Crippen LogP contribution in [0.3, 0.4) is 0 Å². The molecule has 2 aromatic carbocycles. The molecule has 4 aromatic rings. The molecule has 0 bridgehead atoms. The summed E-state index contributed by atoms with van der Waals surface area (Å²) in [5, 5.41) is 9.55. The lowest BCUT2D eigenvalue weighted by molar-refractivity contribution is -0.140. The lowest BCUT2D eigenvalue weighted by Gasteiger charge is -2.14. The SMILES string of the molecule is Cc1oc(-c2ccccc2)nc1CCCc1ccc(C[C@@H](C(=O)O)n2cccc2)cc1. The van der Waals surface area contributed by atoms with E-state index in [1.54, 1.807) is 17.0 Å². The van der Waals surface area contributed by atoms with E-state index in [0.717, 1.165) is 41.8 Å². The first-order chi connectivity index (χ1) is 15.1. The molecule has 5 heteroatoms. The number of carboxylic acids is 1. The molecule has 2 heterocycles. The average Bonchev–Trinajstić information content (AvgIpc) is 3.44. The number of nitrogens with zero attached hydrogens (tertiary/aromatic N) is 2. The van der Waals surface area contributed by atoms with Crippen LogP contribution in [0.1, 0.15) is 35.0 Å². The summed E-state index contributed by atoms with van der Waals surface area (Å²) in [5.74, 6) is 0.727. The minimum Gasteiger partial charge on any atom is -0.480 e. The quantitative estimate of drug-likeness (QED) is 0.393. The lowest BCUT2D eigenvalue weighted by Crippen LogP contribution is -2.20. The second-order valence-electron chi connectivity index (χ2n) is 7.75. The molecule has 5 nitrogen and oxygen atoms in total. The molecule has 0 saturated carbocycles. The van der Waals surface area contributed by atoms with Gasteiger partial charge in [-0.05, 0) is 61.6 Å². The Morgan fingerprint density at radius 2 is 1.65 bits per heavy atom. The predicted octanol–water partition coefficient (Wildman–Crippen LogP) is 5.50. The summed E-state index contributed by atoms with van der Waals surface area (Å²) in [4.78, 5) is 16.3. The van der Waals surface area contributed by atoms with Crippen LogP contribution >= 0.6 is 0 Å². The third-order valence-electron chi connectivity index (χ3n) is 5.52. The Labute approximate surface area is 182 Å². The van der Waals surface area contributed by atoms with E-state index >= 15 is 0 Å². The van der Waals surface area contributed by atoms with Crippen LogP contribution in [0.4, 0.5) is 0 Å². The van der Waals surface area contributed by atoms with Crippen molar-refractivity contribution in [1.82, 2.24) is 9.55 Å². The van der Waals surface area contributed by atoms with Crippen LogP contribution in [-0.4, -0.2) is 20.6 Å². The van der Waals surface area contributed by atoms with E-state index < -0.39 is 12.0 Å². The average molecular weight is 415 g/mol. The monoisotopic (exact) mass is 414 g/mol. The Morgan fingerprint density at radius 3 is 2.32 bits per heavy atom. The van der Waals surface area contributed by atoms with Crippen LogP contribution in [0, 0.1) is 6.92 Å². The first-order valence-corrected chi connectivity index (χ1v) is 10.5. The van der Waals surface area contributed by atoms with Crippen LogP contribution < -0.4 is 0 Å². The number of oxazole rings is 1. The number of hydrogen-bond acceptors (Lipinski definition) is 3. The minimum absolute atomic E-state index is 0.463. The van der Waals surface area contributed by atoms with E-state index in [4.69, 9.17) is 4.42 Å². The summed E-state index contributed by atoms with van der Waals surface area (Å²) in [6, 6.07) is 21.3. The third-order valence-corrected chi connectivity index (χ3v) is 5.52. The molecule has 0 fully saturated rings. The van der Waals surface area contributed by atoms with Gasteiger partial charge in [0.05, 0.1) is 5.69 Å². The Balaban J connectivity index is 1.33. The molecule has 0 radical (unpaired) electrons. The van der Waals surface area contributed by atoms with Gasteiger partial charge in [-0.3, -0.25) is 0 Å². The van der Waals surface area contributed by atoms with Crippen molar-refractivity contribution in [2.24, 2.45) is 0 Å². The van der Waals surface area contributed by atoms with Gasteiger partial charge in [0.2, 0.25) is 5.89 Å². The predicted molar refractivity (Wildman–Crippen MR) is 120 cm³/mol. The molecule has 1 atom stereocenters. The van der Waals surface area contributed by atoms with Crippen LogP contribution in [0.25, 0.3) is 11.5 Å². The van der Waals surface area contributed by atoms with Crippen molar-refractivity contribution in [1.29, 1.82) is 0 Å². The molecule has 0 amide bonds. The molecule has 0 aliphatic carbocycles. The van der Waals surface area contributed by atoms with E-state index in [0.29, 0.717) is 12.3 Å². The maximum atomic E-state index is 11.6. The van der Waals surface area contributed by atoms with Crippen molar-refractivity contribution in [3.63, 3.8) is 0 Å². The van der Waals surface area contributed by atoms with Gasteiger partial charge in [0, 0.05) is 24.4 Å². The molecule has 0 aliphatic heterocycles. The normalized spacial score (nSPS) is 12.0. The second kappa shape index (κ2) is 9.47. The van der Waals surface area contributed by atoms with Gasteiger partial charge >= 0.3 is 5.97 Å². The number of rotatable bonds is 9. The Bertz CT molecular complexity index is 1110. The Morgan fingerprint density at radius 1 is 0.968 bits per heavy atom. The van der Waals surface area contributed by atoms with Crippen LogP contribution in [0.15, 0.2) is 83.5 Å². The highest BCUT2D eigenvalue weighted by Gasteiger charge is 2.19. The van der Waals surface area contributed by atoms with E-state index in [-0.39, 0.29) is 0 Å². The highest BCUT2D eigenvalue weighted by molar-refractivity contribution is 5.72. The zero-order chi connectivity index (χ0) is 21.6. The Hall–Kier alpha value is -3.60. The summed E-state index contributed by atoms with van der Waals surface area (Å²) < 4.78 is 7.58. The number of aliphatic carboxylic acids is 1. The van der Waals surface area contributed by atoms with Crippen LogP contribution in [0.2, 0.25) is 0 Å². The number of aryl methyl sites for hydroxylation is 3. The highest BCUT2D eigenvalue weighted by Crippen LogP contribution is 2.23. The molecule has 4 rings (SSSR count). The molecular formula is C26H26N2O3. The van der Waals surface area contributed by atoms with Crippen molar-refractivity contribution in [3.05, 3.63) is 102 Å². The van der Waals surface area contributed by atoms with Crippen molar-refractivity contribution < 1.29 is 14.3 Å². The van der Waals surface area contributed by atoms with Gasteiger partial charge in [0.15, 0.2) is 0 Å². The molecule has 158 valence electrons. The first-order valence-electron chi connectivity index (χ1n) is 10.5. The maximum Gasteiger partial charge on any atom is 0.327 e. The van der Waals surface area contributed by atoms with Gasteiger partial charge in [0.1, 0.15) is 11.8 Å². The van der Waals surface area contributed by atoms with Crippen molar-refractivity contribution in [2.75, 3.05) is 0 Å². The van der Waals surface area contributed by atoms with Gasteiger partial charge in [-0.25, -0.2) is 9.78 Å². The number of carboxylic acid groups (broad SMARTS) is 1. The fourth-order valence-corrected chi connectivity index (χ4v) is 3.77. The Kier molecular flexibility index (Phi) is 6.32. The summed E-state index contributed by atoms with van der Waals surface area (Å²) >= 11 is 0. The summed E-state index contributed by atoms with van der Waals surface area (Å²) in [6.07, 6.45) is 6.82. The van der Waals surface area contributed by atoms with Crippen molar-refractivity contribution >= 4 is 5.97 Å². The summed E-state index contributed by atoms with van der Waals surface area (Å²) in [7, 11) is 0. The topological polar surface area (TPSA) is 68.3 Å². The zero-order valence-electron chi connectivity index (χ0n) is 17.6. The standard InChI is InChI=1S/C26H26N2O3/c1-19-23(27-25(31-19)22-9-3-2-4-10-22)11-7-8-20-12-14-21(15-13-20)18-24(26(29)30)28-16-5-6-17-28/h2-6,9-10,12-17,24H,7-8,11,18H2,1H3,(H,29,30)/t24-/m0/s1. The van der Waals surface area contributed by atoms with Gasteiger partial charge in [-0.15, -0.1) is 0 Å². The molecule has 2 aromatic heterocycles. The van der Waals surface area contributed by atoms with Gasteiger partial charge in [0.25, 0.3) is 0 Å². The van der Waals surface area contributed by atoms with Crippen molar-refractivity contribution in [3.8, 4) is 11.5 Å². The van der Waals surface area contributed by atoms with Gasteiger partial charge in [-0.1, -0.05) is 42.5 Å². The zero-order valence-corrected chi connectivity index (χ0v) is 17.6. The lowest BCUT2D eigenvalue weighted by atomic mass is 10.0. The third kappa shape index (κ3) is 5.12. The van der Waals surface area contributed by atoms with Gasteiger partial charge < -0.3 is 14.1 Å².